The Kier molecular flexibility index (Phi) is 6.96. The van der Waals surface area contributed by atoms with Crippen LogP contribution in [0.4, 0.5) is 0 Å². The number of methoxy groups -OCH3 is 1. The largest absolute Gasteiger partial charge is 0.469 e. The Balaban J connectivity index is 3.35. The van der Waals surface area contributed by atoms with E-state index >= 15 is 0 Å². The van der Waals surface area contributed by atoms with E-state index in [1.807, 2.05) is 6.92 Å². The first kappa shape index (κ1) is 11.9. The summed E-state index contributed by atoms with van der Waals surface area (Å²) in [5.41, 5.74) is 0. The maximum atomic E-state index is 10.9. The molecule has 0 aliphatic rings. The lowest BCUT2D eigenvalue weighted by Crippen LogP contribution is -2.09. The summed E-state index contributed by atoms with van der Waals surface area (Å²) in [6.07, 6.45) is 2.06. The third-order valence-corrected chi connectivity index (χ3v) is 1.52. The molecule has 0 saturated carbocycles. The molecule has 0 amide bonds. The second-order valence-electron chi connectivity index (χ2n) is 2.65. The molecule has 13 heavy (non-hydrogen) atoms. The van der Waals surface area contributed by atoms with Gasteiger partial charge in [-0.1, -0.05) is 13.3 Å². The van der Waals surface area contributed by atoms with Crippen molar-refractivity contribution in [2.45, 2.75) is 32.6 Å². The van der Waals surface area contributed by atoms with Crippen LogP contribution >= 0.6 is 0 Å². The number of hydrogen-bond acceptors (Lipinski definition) is 4. The van der Waals surface area contributed by atoms with Gasteiger partial charge in [0.25, 0.3) is 0 Å². The predicted octanol–water partition coefficient (Wildman–Crippen LogP) is 1.28. The molecule has 0 fully saturated rings. The smallest absolute Gasteiger partial charge is 0.306 e. The molecule has 0 atom stereocenters. The van der Waals surface area contributed by atoms with Crippen LogP contribution in [0.15, 0.2) is 0 Å². The van der Waals surface area contributed by atoms with Gasteiger partial charge in [-0.2, -0.15) is 0 Å². The zero-order valence-corrected chi connectivity index (χ0v) is 8.17. The van der Waals surface area contributed by atoms with Gasteiger partial charge in [-0.25, -0.2) is 0 Å². The van der Waals surface area contributed by atoms with Gasteiger partial charge in [-0.3, -0.25) is 9.59 Å². The number of unbranched alkanes of at least 4 members (excludes halogenated alkanes) is 1. The zero-order chi connectivity index (χ0) is 10.1. The van der Waals surface area contributed by atoms with Crippen molar-refractivity contribution in [3.05, 3.63) is 0 Å². The average molecular weight is 188 g/mol. The molecule has 0 radical (unpaired) electrons. The molecule has 0 aliphatic carbocycles. The Morgan fingerprint density at radius 3 is 2.31 bits per heavy atom. The van der Waals surface area contributed by atoms with Gasteiger partial charge in [0.1, 0.15) is 0 Å². The lowest BCUT2D eigenvalue weighted by atomic mass is 10.3. The van der Waals surface area contributed by atoms with E-state index in [2.05, 4.69) is 4.74 Å². The topological polar surface area (TPSA) is 52.6 Å². The van der Waals surface area contributed by atoms with Crippen LogP contribution in [0.25, 0.3) is 0 Å². The van der Waals surface area contributed by atoms with Crippen LogP contribution in [0.3, 0.4) is 0 Å². The minimum atomic E-state index is -0.382. The average Bonchev–Trinajstić information content (AvgIpc) is 2.14. The van der Waals surface area contributed by atoms with E-state index in [-0.39, 0.29) is 24.8 Å². The quantitative estimate of drug-likeness (QED) is 0.465. The van der Waals surface area contributed by atoms with Crippen molar-refractivity contribution in [3.63, 3.8) is 0 Å². The molecule has 4 nitrogen and oxygen atoms in total. The van der Waals surface area contributed by atoms with Crippen LogP contribution in [0.5, 0.6) is 0 Å². The van der Waals surface area contributed by atoms with Gasteiger partial charge in [0.2, 0.25) is 0 Å². The monoisotopic (exact) mass is 188 g/mol. The lowest BCUT2D eigenvalue weighted by Gasteiger charge is -2.02. The summed E-state index contributed by atoms with van der Waals surface area (Å²) in [6.45, 7) is 2.46. The lowest BCUT2D eigenvalue weighted by molar-refractivity contribution is -0.149. The molecule has 0 rings (SSSR count). The summed E-state index contributed by atoms with van der Waals surface area (Å²) < 4.78 is 9.21. The minimum absolute atomic E-state index is 0.0987. The second-order valence-corrected chi connectivity index (χ2v) is 2.65. The predicted molar refractivity (Wildman–Crippen MR) is 47.1 cm³/mol. The molecule has 4 heteroatoms. The van der Waals surface area contributed by atoms with Crippen molar-refractivity contribution in [3.8, 4) is 0 Å². The van der Waals surface area contributed by atoms with Crippen LogP contribution < -0.4 is 0 Å². The van der Waals surface area contributed by atoms with Crippen molar-refractivity contribution in [2.24, 2.45) is 0 Å². The fourth-order valence-corrected chi connectivity index (χ4v) is 0.709. The highest BCUT2D eigenvalue weighted by Crippen LogP contribution is 1.96. The van der Waals surface area contributed by atoms with Crippen LogP contribution in [0.1, 0.15) is 32.6 Å². The summed E-state index contributed by atoms with van der Waals surface area (Å²) in [6, 6.07) is 0. The van der Waals surface area contributed by atoms with Crippen molar-refractivity contribution < 1.29 is 19.1 Å². The summed E-state index contributed by atoms with van der Waals surface area (Å²) in [7, 11) is 1.30. The van der Waals surface area contributed by atoms with Crippen LogP contribution in [-0.2, 0) is 19.1 Å². The maximum Gasteiger partial charge on any atom is 0.306 e. The van der Waals surface area contributed by atoms with Gasteiger partial charge in [0.15, 0.2) is 0 Å². The van der Waals surface area contributed by atoms with Crippen LogP contribution in [-0.4, -0.2) is 25.7 Å². The first-order chi connectivity index (χ1) is 6.20. The first-order valence-electron chi connectivity index (χ1n) is 4.43. The Hall–Kier alpha value is -1.06. The van der Waals surface area contributed by atoms with Crippen molar-refractivity contribution >= 4 is 11.9 Å². The molecule has 0 spiro atoms. The van der Waals surface area contributed by atoms with E-state index < -0.39 is 0 Å². The van der Waals surface area contributed by atoms with Crippen LogP contribution in [0.2, 0.25) is 0 Å². The van der Waals surface area contributed by atoms with E-state index in [4.69, 9.17) is 4.74 Å². The zero-order valence-electron chi connectivity index (χ0n) is 8.17. The number of carbonyl (C=O) groups is 2. The molecule has 0 aromatic carbocycles. The SMILES string of the molecule is CCCCOC(=O)CCC(=O)OC. The molecule has 0 bridgehead atoms. The number of hydrogen-bond donors (Lipinski definition) is 0. The van der Waals surface area contributed by atoms with Crippen LogP contribution in [0, 0.1) is 0 Å². The van der Waals surface area contributed by atoms with Gasteiger partial charge in [-0.15, -0.1) is 0 Å². The van der Waals surface area contributed by atoms with Gasteiger partial charge in [0.05, 0.1) is 26.6 Å². The molecule has 0 N–H and O–H groups in total. The molecule has 0 heterocycles. The molecule has 0 aromatic heterocycles. The molecule has 0 saturated heterocycles. The third kappa shape index (κ3) is 7.31. The normalized spacial score (nSPS) is 9.38. The highest BCUT2D eigenvalue weighted by Gasteiger charge is 2.06. The van der Waals surface area contributed by atoms with E-state index in [1.54, 1.807) is 0 Å². The maximum absolute atomic E-state index is 10.9. The first-order valence-corrected chi connectivity index (χ1v) is 4.43. The number of carbonyl (C=O) groups excluding carboxylic acids is 2. The van der Waals surface area contributed by atoms with Gasteiger partial charge in [0, 0.05) is 0 Å². The van der Waals surface area contributed by atoms with E-state index in [1.165, 1.54) is 7.11 Å². The Morgan fingerprint density at radius 1 is 1.15 bits per heavy atom. The van der Waals surface area contributed by atoms with Crippen molar-refractivity contribution in [2.75, 3.05) is 13.7 Å². The summed E-state index contributed by atoms with van der Waals surface area (Å²) in [5.74, 6) is -0.716. The fraction of sp³-hybridized carbons (Fsp3) is 0.778. The molecular formula is C9H16O4. The van der Waals surface area contributed by atoms with Gasteiger partial charge < -0.3 is 9.47 Å². The van der Waals surface area contributed by atoms with E-state index in [9.17, 15) is 9.59 Å². The van der Waals surface area contributed by atoms with Crippen molar-refractivity contribution in [1.82, 2.24) is 0 Å². The number of esters is 2. The fourth-order valence-electron chi connectivity index (χ4n) is 0.709. The Morgan fingerprint density at radius 2 is 1.77 bits per heavy atom. The third-order valence-electron chi connectivity index (χ3n) is 1.52. The summed E-state index contributed by atoms with van der Waals surface area (Å²) in [5, 5.41) is 0. The van der Waals surface area contributed by atoms with Gasteiger partial charge in [-0.05, 0) is 6.42 Å². The summed E-state index contributed by atoms with van der Waals surface area (Å²) >= 11 is 0. The number of ether oxygens (including phenoxy) is 2. The molecule has 0 aromatic rings. The highest BCUT2D eigenvalue weighted by molar-refractivity contribution is 5.77. The summed E-state index contributed by atoms with van der Waals surface area (Å²) in [4.78, 5) is 21.5. The molecule has 76 valence electrons. The molecular weight excluding hydrogens is 172 g/mol. The molecule has 0 unspecified atom stereocenters. The Bertz CT molecular complexity index is 165. The second kappa shape index (κ2) is 7.58. The minimum Gasteiger partial charge on any atom is -0.469 e. The Labute approximate surface area is 78.2 Å². The van der Waals surface area contributed by atoms with Crippen molar-refractivity contribution in [1.29, 1.82) is 0 Å². The van der Waals surface area contributed by atoms with Gasteiger partial charge >= 0.3 is 11.9 Å². The van der Waals surface area contributed by atoms with E-state index in [0.29, 0.717) is 6.61 Å². The highest BCUT2D eigenvalue weighted by atomic mass is 16.5. The standard InChI is InChI=1S/C9H16O4/c1-3-4-7-13-9(11)6-5-8(10)12-2/h3-7H2,1-2H3. The number of rotatable bonds is 6. The molecule has 0 aliphatic heterocycles. The van der Waals surface area contributed by atoms with E-state index in [0.717, 1.165) is 12.8 Å².